The first-order valence-electron chi connectivity index (χ1n) is 9.10. The van der Waals surface area contributed by atoms with E-state index >= 15 is 0 Å². The number of hydrogen-bond donors (Lipinski definition) is 3. The number of nitrogens with zero attached hydrogens (tertiary/aromatic N) is 1. The minimum absolute atomic E-state index is 0.0716. The molecule has 1 atom stereocenters. The smallest absolute Gasteiger partial charge is 0.326 e. The Morgan fingerprint density at radius 2 is 2.07 bits per heavy atom. The fourth-order valence-electron chi connectivity index (χ4n) is 3.93. The number of imidazole rings is 1. The molecule has 1 aliphatic rings. The highest BCUT2D eigenvalue weighted by molar-refractivity contribution is 5.98. The zero-order valence-corrected chi connectivity index (χ0v) is 15.6. The van der Waals surface area contributed by atoms with Crippen molar-refractivity contribution in [1.82, 2.24) is 14.9 Å². The van der Waals surface area contributed by atoms with Crippen LogP contribution >= 0.6 is 0 Å². The summed E-state index contributed by atoms with van der Waals surface area (Å²) >= 11 is 0. The summed E-state index contributed by atoms with van der Waals surface area (Å²) in [6.07, 6.45) is 3.95. The number of carbonyl (C=O) groups is 2. The largest absolute Gasteiger partial charge is 0.481 e. The Hall–Kier alpha value is -2.61. The second-order valence-corrected chi connectivity index (χ2v) is 7.49. The first kappa shape index (κ1) is 19.2. The number of nitrogens with one attached hydrogen (secondary N) is 2. The Morgan fingerprint density at radius 3 is 2.70 bits per heavy atom. The van der Waals surface area contributed by atoms with Crippen molar-refractivity contribution in [1.29, 1.82) is 0 Å². The molecule has 0 aliphatic heterocycles. The van der Waals surface area contributed by atoms with Gasteiger partial charge in [0.2, 0.25) is 0 Å². The number of aromatic amines is 1. The lowest BCUT2D eigenvalue weighted by molar-refractivity contribution is -0.139. The summed E-state index contributed by atoms with van der Waals surface area (Å²) in [7, 11) is 1.45. The van der Waals surface area contributed by atoms with Gasteiger partial charge in [0.1, 0.15) is 0 Å². The Morgan fingerprint density at radius 1 is 1.37 bits per heavy atom. The maximum absolute atomic E-state index is 12.6. The van der Waals surface area contributed by atoms with Crippen LogP contribution in [-0.2, 0) is 9.53 Å². The van der Waals surface area contributed by atoms with E-state index < -0.39 is 17.4 Å². The molecule has 1 heterocycles. The van der Waals surface area contributed by atoms with Gasteiger partial charge in [-0.2, -0.15) is 0 Å². The number of ether oxygens (including phenoxy) is 1. The summed E-state index contributed by atoms with van der Waals surface area (Å²) in [6, 6.07) is 5.26. The van der Waals surface area contributed by atoms with Crippen molar-refractivity contribution in [3.05, 3.63) is 34.2 Å². The topological polar surface area (TPSA) is 113 Å². The number of carbonyl (C=O) groups excluding carboxylic acids is 1. The lowest BCUT2D eigenvalue weighted by atomic mass is 9.98. The summed E-state index contributed by atoms with van der Waals surface area (Å²) in [4.78, 5) is 38.9. The van der Waals surface area contributed by atoms with Crippen molar-refractivity contribution in [3.63, 3.8) is 0 Å². The van der Waals surface area contributed by atoms with Gasteiger partial charge in [0, 0.05) is 18.7 Å². The summed E-state index contributed by atoms with van der Waals surface area (Å²) < 4.78 is 6.84. The first-order valence-corrected chi connectivity index (χ1v) is 9.10. The van der Waals surface area contributed by atoms with Crippen molar-refractivity contribution in [2.75, 3.05) is 13.7 Å². The predicted molar refractivity (Wildman–Crippen MR) is 100 cm³/mol. The van der Waals surface area contributed by atoms with Crippen LogP contribution in [0.25, 0.3) is 11.0 Å². The van der Waals surface area contributed by atoms with Crippen LogP contribution in [0, 0.1) is 0 Å². The Balaban J connectivity index is 1.87. The molecular weight excluding hydrogens is 350 g/mol. The van der Waals surface area contributed by atoms with Gasteiger partial charge in [-0.25, -0.2) is 4.79 Å². The van der Waals surface area contributed by atoms with Gasteiger partial charge >= 0.3 is 11.7 Å². The van der Waals surface area contributed by atoms with Gasteiger partial charge in [-0.15, -0.1) is 0 Å². The third-order valence-corrected chi connectivity index (χ3v) is 5.09. The molecular formula is C19H25N3O5. The molecule has 1 aliphatic carbocycles. The molecule has 8 nitrogen and oxygen atoms in total. The van der Waals surface area contributed by atoms with E-state index in [2.05, 4.69) is 10.3 Å². The number of hydrogen-bond acceptors (Lipinski definition) is 4. The average molecular weight is 375 g/mol. The zero-order chi connectivity index (χ0) is 19.6. The van der Waals surface area contributed by atoms with Gasteiger partial charge in [0.15, 0.2) is 0 Å². The van der Waals surface area contributed by atoms with Crippen LogP contribution in [0.15, 0.2) is 23.0 Å². The standard InChI is InChI=1S/C19H25N3O5/c1-19(11-27-2,10-16(23)24)21-17(25)12-7-8-15-14(9-12)20-18(26)22(15)13-5-3-4-6-13/h7-9,13H,3-6,10-11H2,1-2H3,(H,20,26)(H,21,25)(H,23,24). The summed E-state index contributed by atoms with van der Waals surface area (Å²) in [5, 5.41) is 11.8. The molecule has 1 amide bonds. The van der Waals surface area contributed by atoms with Crippen LogP contribution in [0.2, 0.25) is 0 Å². The summed E-state index contributed by atoms with van der Waals surface area (Å²) in [5.41, 5.74) is 0.551. The van der Waals surface area contributed by atoms with E-state index in [1.54, 1.807) is 29.7 Å². The van der Waals surface area contributed by atoms with Gasteiger partial charge in [-0.3, -0.25) is 14.2 Å². The van der Waals surface area contributed by atoms with E-state index in [1.807, 2.05) is 0 Å². The van der Waals surface area contributed by atoms with Gasteiger partial charge in [-0.05, 0) is 38.0 Å². The van der Waals surface area contributed by atoms with Crippen LogP contribution in [0.1, 0.15) is 55.4 Å². The Kier molecular flexibility index (Phi) is 5.36. The number of benzene rings is 1. The van der Waals surface area contributed by atoms with Crippen LogP contribution < -0.4 is 11.0 Å². The van der Waals surface area contributed by atoms with Gasteiger partial charge in [0.05, 0.1) is 29.6 Å². The van der Waals surface area contributed by atoms with E-state index in [4.69, 9.17) is 9.84 Å². The molecule has 3 rings (SSSR count). The number of carboxylic acid groups (broad SMARTS) is 1. The van der Waals surface area contributed by atoms with Crippen molar-refractivity contribution in [2.45, 2.75) is 50.6 Å². The molecule has 0 radical (unpaired) electrons. The van der Waals surface area contributed by atoms with Gasteiger partial charge < -0.3 is 20.1 Å². The van der Waals surface area contributed by atoms with Gasteiger partial charge in [-0.1, -0.05) is 12.8 Å². The van der Waals surface area contributed by atoms with E-state index in [9.17, 15) is 14.4 Å². The van der Waals surface area contributed by atoms with Gasteiger partial charge in [0.25, 0.3) is 5.91 Å². The molecule has 1 saturated carbocycles. The maximum Gasteiger partial charge on any atom is 0.326 e. The van der Waals surface area contributed by atoms with Crippen molar-refractivity contribution < 1.29 is 19.4 Å². The summed E-state index contributed by atoms with van der Waals surface area (Å²) in [5.74, 6) is -1.43. The minimum atomic E-state index is -1.03. The molecule has 2 aromatic rings. The molecule has 1 unspecified atom stereocenters. The zero-order valence-electron chi connectivity index (χ0n) is 15.6. The monoisotopic (exact) mass is 375 g/mol. The third-order valence-electron chi connectivity index (χ3n) is 5.09. The van der Waals surface area contributed by atoms with Crippen LogP contribution in [-0.4, -0.2) is 45.8 Å². The van der Waals surface area contributed by atoms with E-state index in [1.165, 1.54) is 7.11 Å². The molecule has 0 spiro atoms. The predicted octanol–water partition coefficient (Wildman–Crippen LogP) is 2.05. The molecule has 1 aromatic carbocycles. The molecule has 146 valence electrons. The van der Waals surface area contributed by atoms with Crippen LogP contribution in [0.5, 0.6) is 0 Å². The number of methoxy groups -OCH3 is 1. The lowest BCUT2D eigenvalue weighted by Crippen LogP contribution is -2.50. The number of carboxylic acids is 1. The molecule has 1 fully saturated rings. The van der Waals surface area contributed by atoms with E-state index in [-0.39, 0.29) is 24.8 Å². The highest BCUT2D eigenvalue weighted by atomic mass is 16.5. The Labute approximate surface area is 156 Å². The normalized spacial score (nSPS) is 17.1. The maximum atomic E-state index is 12.6. The quantitative estimate of drug-likeness (QED) is 0.685. The average Bonchev–Trinajstić information content (AvgIpc) is 3.19. The number of rotatable bonds is 7. The molecule has 0 bridgehead atoms. The molecule has 0 saturated heterocycles. The second-order valence-electron chi connectivity index (χ2n) is 7.49. The van der Waals surface area contributed by atoms with Crippen molar-refractivity contribution in [3.8, 4) is 0 Å². The van der Waals surface area contributed by atoms with Crippen molar-refractivity contribution in [2.24, 2.45) is 0 Å². The number of aromatic nitrogens is 2. The first-order chi connectivity index (χ1) is 12.8. The SMILES string of the molecule is COCC(C)(CC(=O)O)NC(=O)c1ccc2c(c1)[nH]c(=O)n2C1CCCC1. The molecule has 8 heteroatoms. The number of amides is 1. The van der Waals surface area contributed by atoms with Crippen LogP contribution in [0.4, 0.5) is 0 Å². The summed E-state index contributed by atoms with van der Waals surface area (Å²) in [6.45, 7) is 1.70. The number of H-pyrrole nitrogens is 1. The third kappa shape index (κ3) is 4.05. The minimum Gasteiger partial charge on any atom is -0.481 e. The molecule has 3 N–H and O–H groups in total. The lowest BCUT2D eigenvalue weighted by Gasteiger charge is -2.28. The van der Waals surface area contributed by atoms with Crippen LogP contribution in [0.3, 0.4) is 0 Å². The van der Waals surface area contributed by atoms with E-state index in [0.29, 0.717) is 11.1 Å². The molecule has 27 heavy (non-hydrogen) atoms. The number of fused-ring (bicyclic) bond motifs is 1. The Bertz CT molecular complexity index is 910. The highest BCUT2D eigenvalue weighted by Crippen LogP contribution is 2.30. The highest BCUT2D eigenvalue weighted by Gasteiger charge is 2.30. The fraction of sp³-hybridized carbons (Fsp3) is 0.526. The van der Waals surface area contributed by atoms with E-state index in [0.717, 1.165) is 31.2 Å². The fourth-order valence-corrected chi connectivity index (χ4v) is 3.93. The molecule has 1 aromatic heterocycles. The van der Waals surface area contributed by atoms with Crippen molar-refractivity contribution >= 4 is 22.9 Å². The second kappa shape index (κ2) is 7.56. The number of aliphatic carboxylic acids is 1.